The van der Waals surface area contributed by atoms with Crippen molar-refractivity contribution in [2.75, 3.05) is 34.2 Å². The fraction of sp³-hybridized carbons (Fsp3) is 1.00. The number of piperidine rings is 1. The zero-order valence-electron chi connectivity index (χ0n) is 11.3. The number of nitrogens with two attached hydrogens (primary N) is 3. The summed E-state index contributed by atoms with van der Waals surface area (Å²) in [6.45, 7) is 2.59. The van der Waals surface area contributed by atoms with E-state index in [4.69, 9.17) is 0 Å². The summed E-state index contributed by atoms with van der Waals surface area (Å²) in [4.78, 5) is 0. The van der Waals surface area contributed by atoms with Gasteiger partial charge in [0, 0.05) is 0 Å². The Balaban J connectivity index is 0. The molecule has 4 heteroatoms. The molecular formula is C12H32N4. The average Bonchev–Trinajstić information content (AvgIpc) is 2.45. The predicted molar refractivity (Wildman–Crippen MR) is 73.3 cm³/mol. The van der Waals surface area contributed by atoms with Gasteiger partial charge in [0.1, 0.15) is 0 Å². The zero-order chi connectivity index (χ0) is 12.8. The van der Waals surface area contributed by atoms with Crippen LogP contribution in [-0.2, 0) is 0 Å². The van der Waals surface area contributed by atoms with E-state index in [1.807, 2.05) is 0 Å². The van der Waals surface area contributed by atoms with Gasteiger partial charge in [0.15, 0.2) is 0 Å². The van der Waals surface area contributed by atoms with E-state index < -0.39 is 0 Å². The quantitative estimate of drug-likeness (QED) is 0.490. The van der Waals surface area contributed by atoms with E-state index in [-0.39, 0.29) is 0 Å². The molecule has 0 aromatic heterocycles. The highest BCUT2D eigenvalue weighted by atomic mass is 14.9. The van der Waals surface area contributed by atoms with Crippen molar-refractivity contribution in [2.24, 2.45) is 29.0 Å². The van der Waals surface area contributed by atoms with Crippen molar-refractivity contribution in [3.05, 3.63) is 0 Å². The lowest BCUT2D eigenvalue weighted by Crippen LogP contribution is -2.38. The van der Waals surface area contributed by atoms with E-state index in [1.165, 1.54) is 66.3 Å². The third kappa shape index (κ3) is 7.17. The minimum atomic E-state index is 1.04. The summed E-state index contributed by atoms with van der Waals surface area (Å²) in [5.74, 6) is 2.14. The molecule has 1 aliphatic carbocycles. The minimum Gasteiger partial charge on any atom is -0.333 e. The Bertz CT molecular complexity index is 93.6. The maximum atomic E-state index is 4.50. The maximum absolute atomic E-state index is 4.50. The summed E-state index contributed by atoms with van der Waals surface area (Å²) in [6, 6.07) is 0. The van der Waals surface area contributed by atoms with Crippen LogP contribution in [0.5, 0.6) is 0 Å². The first-order valence-corrected chi connectivity index (χ1v) is 6.41. The first kappa shape index (κ1) is 18.2. The third-order valence-corrected chi connectivity index (χ3v) is 3.16. The number of fused-ring (bicyclic) bond motifs is 1. The van der Waals surface area contributed by atoms with E-state index in [2.05, 4.69) is 22.5 Å². The van der Waals surface area contributed by atoms with Crippen molar-refractivity contribution in [1.82, 2.24) is 5.32 Å². The van der Waals surface area contributed by atoms with Crippen LogP contribution in [0.1, 0.15) is 32.1 Å². The molecule has 1 saturated carbocycles. The van der Waals surface area contributed by atoms with Gasteiger partial charge in [0.25, 0.3) is 0 Å². The molecular weight excluding hydrogens is 200 g/mol. The fourth-order valence-corrected chi connectivity index (χ4v) is 2.51. The normalized spacial score (nSPS) is 26.6. The number of rotatable bonds is 0. The molecule has 1 saturated heterocycles. The fourth-order valence-electron chi connectivity index (χ4n) is 2.51. The molecule has 0 spiro atoms. The van der Waals surface area contributed by atoms with Crippen molar-refractivity contribution in [1.29, 1.82) is 0 Å². The standard InChI is InChI=1S/C9H17N.3CH5N/c1-2-4-9-7-10-6-5-8(9)3-1;3*1-2/h8-10H,1-7H2;3*2H2,1H3. The van der Waals surface area contributed by atoms with Crippen LogP contribution in [0, 0.1) is 11.8 Å². The van der Waals surface area contributed by atoms with Crippen LogP contribution < -0.4 is 22.5 Å². The second-order valence-electron chi connectivity index (χ2n) is 3.80. The van der Waals surface area contributed by atoms with Gasteiger partial charge in [-0.25, -0.2) is 0 Å². The lowest BCUT2D eigenvalue weighted by molar-refractivity contribution is 0.185. The molecule has 2 unspecified atom stereocenters. The van der Waals surface area contributed by atoms with Gasteiger partial charge in [-0.1, -0.05) is 19.3 Å². The van der Waals surface area contributed by atoms with Gasteiger partial charge in [0.05, 0.1) is 0 Å². The van der Waals surface area contributed by atoms with Crippen LogP contribution in [0.3, 0.4) is 0 Å². The molecule has 2 fully saturated rings. The first-order valence-electron chi connectivity index (χ1n) is 6.41. The van der Waals surface area contributed by atoms with E-state index in [9.17, 15) is 0 Å². The first-order chi connectivity index (χ1) is 7.97. The summed E-state index contributed by atoms with van der Waals surface area (Å²) < 4.78 is 0. The molecule has 16 heavy (non-hydrogen) atoms. The van der Waals surface area contributed by atoms with E-state index >= 15 is 0 Å². The monoisotopic (exact) mass is 232 g/mol. The van der Waals surface area contributed by atoms with Crippen LogP contribution >= 0.6 is 0 Å². The van der Waals surface area contributed by atoms with Crippen molar-refractivity contribution in [3.8, 4) is 0 Å². The number of hydrogen-bond donors (Lipinski definition) is 4. The van der Waals surface area contributed by atoms with Crippen LogP contribution in [0.15, 0.2) is 0 Å². The smallest absolute Gasteiger partial charge is 0.00179 e. The Morgan fingerprint density at radius 3 is 1.75 bits per heavy atom. The second kappa shape index (κ2) is 14.8. The molecule has 1 heterocycles. The van der Waals surface area contributed by atoms with E-state index in [0.29, 0.717) is 0 Å². The van der Waals surface area contributed by atoms with E-state index in [0.717, 1.165) is 11.8 Å². The van der Waals surface area contributed by atoms with Crippen molar-refractivity contribution in [2.45, 2.75) is 32.1 Å². The van der Waals surface area contributed by atoms with E-state index in [1.54, 1.807) is 0 Å². The molecule has 0 radical (unpaired) electrons. The van der Waals surface area contributed by atoms with Crippen LogP contribution in [0.4, 0.5) is 0 Å². The summed E-state index contributed by atoms with van der Waals surface area (Å²) >= 11 is 0. The molecule has 100 valence electrons. The molecule has 7 N–H and O–H groups in total. The lowest BCUT2D eigenvalue weighted by Gasteiger charge is -2.35. The van der Waals surface area contributed by atoms with Gasteiger partial charge >= 0.3 is 0 Å². The molecule has 4 nitrogen and oxygen atoms in total. The highest BCUT2D eigenvalue weighted by molar-refractivity contribution is 4.81. The predicted octanol–water partition coefficient (Wildman–Crippen LogP) is 0.511. The highest BCUT2D eigenvalue weighted by Crippen LogP contribution is 2.33. The Kier molecular flexibility index (Phi) is 16.9. The molecule has 0 aromatic rings. The Morgan fingerprint density at radius 2 is 1.25 bits per heavy atom. The van der Waals surface area contributed by atoms with Crippen LogP contribution in [-0.4, -0.2) is 34.2 Å². The third-order valence-electron chi connectivity index (χ3n) is 3.16. The summed E-state index contributed by atoms with van der Waals surface area (Å²) in [6.07, 6.45) is 7.46. The minimum absolute atomic E-state index is 1.04. The molecule has 1 aliphatic heterocycles. The van der Waals surface area contributed by atoms with Gasteiger partial charge in [-0.05, 0) is 58.9 Å². The van der Waals surface area contributed by atoms with Crippen LogP contribution in [0.2, 0.25) is 0 Å². The van der Waals surface area contributed by atoms with Crippen LogP contribution in [0.25, 0.3) is 0 Å². The topological polar surface area (TPSA) is 90.1 Å². The van der Waals surface area contributed by atoms with Gasteiger partial charge in [-0.3, -0.25) is 0 Å². The second-order valence-corrected chi connectivity index (χ2v) is 3.80. The molecule has 0 bridgehead atoms. The highest BCUT2D eigenvalue weighted by Gasteiger charge is 2.26. The Morgan fingerprint density at radius 1 is 0.750 bits per heavy atom. The van der Waals surface area contributed by atoms with Gasteiger partial charge < -0.3 is 22.5 Å². The lowest BCUT2D eigenvalue weighted by atomic mass is 9.76. The number of nitrogens with one attached hydrogen (secondary N) is 1. The van der Waals surface area contributed by atoms with Crippen molar-refractivity contribution in [3.63, 3.8) is 0 Å². The molecule has 2 rings (SSSR count). The molecule has 0 aromatic carbocycles. The summed E-state index contributed by atoms with van der Waals surface area (Å²) in [5.41, 5.74) is 13.5. The molecule has 0 amide bonds. The maximum Gasteiger partial charge on any atom is -0.00179 e. The summed E-state index contributed by atoms with van der Waals surface area (Å²) in [7, 11) is 4.50. The largest absolute Gasteiger partial charge is 0.333 e. The molecule has 2 aliphatic rings. The zero-order valence-corrected chi connectivity index (χ0v) is 11.3. The average molecular weight is 232 g/mol. The Labute approximate surface area is 101 Å². The van der Waals surface area contributed by atoms with Crippen molar-refractivity contribution >= 4 is 0 Å². The van der Waals surface area contributed by atoms with Gasteiger partial charge in [0.2, 0.25) is 0 Å². The SMILES string of the molecule is C1CCC2CNCCC2C1.CN.CN.CN. The number of hydrogen-bond acceptors (Lipinski definition) is 4. The summed E-state index contributed by atoms with van der Waals surface area (Å²) in [5, 5.41) is 3.48. The van der Waals surface area contributed by atoms with Crippen molar-refractivity contribution < 1.29 is 0 Å². The van der Waals surface area contributed by atoms with Gasteiger partial charge in [-0.2, -0.15) is 0 Å². The Hall–Kier alpha value is -0.160. The van der Waals surface area contributed by atoms with Gasteiger partial charge in [-0.15, -0.1) is 0 Å². The molecule has 2 atom stereocenters.